The van der Waals surface area contributed by atoms with Gasteiger partial charge in [0.25, 0.3) is 0 Å². The van der Waals surface area contributed by atoms with Gasteiger partial charge >= 0.3 is 5.97 Å². The number of carbonyl (C=O) groups is 1. The first-order valence-electron chi connectivity index (χ1n) is 12.4. The lowest BCUT2D eigenvalue weighted by Gasteiger charge is -2.24. The topological polar surface area (TPSA) is 94.8 Å². The van der Waals surface area contributed by atoms with E-state index in [0.717, 1.165) is 50.0 Å². The molecule has 0 aliphatic heterocycles. The predicted molar refractivity (Wildman–Crippen MR) is 144 cm³/mol. The van der Waals surface area contributed by atoms with E-state index in [4.69, 9.17) is 9.72 Å². The van der Waals surface area contributed by atoms with Crippen LogP contribution in [-0.2, 0) is 22.6 Å². The number of benzene rings is 2. The highest BCUT2D eigenvalue weighted by Gasteiger charge is 2.28. The number of fused-ring (bicyclic) bond motifs is 2. The Morgan fingerprint density at radius 3 is 2.70 bits per heavy atom. The molecule has 0 aliphatic rings. The average Bonchev–Trinajstić information content (AvgIpc) is 3.30. The molecule has 8 heteroatoms. The van der Waals surface area contributed by atoms with Crippen LogP contribution in [0.4, 0.5) is 0 Å². The minimum absolute atomic E-state index is 0.257. The summed E-state index contributed by atoms with van der Waals surface area (Å²) in [6.45, 7) is 9.03. The van der Waals surface area contributed by atoms with Gasteiger partial charge in [0.05, 0.1) is 24.4 Å². The van der Waals surface area contributed by atoms with Gasteiger partial charge in [0.15, 0.2) is 5.65 Å². The molecule has 188 valence electrons. The second-order valence-electron chi connectivity index (χ2n) is 9.66. The molecular weight excluding hydrogens is 464 g/mol. The van der Waals surface area contributed by atoms with Crippen molar-refractivity contribution < 1.29 is 9.53 Å². The van der Waals surface area contributed by atoms with Crippen LogP contribution in [0.25, 0.3) is 33.3 Å². The van der Waals surface area contributed by atoms with E-state index in [1.165, 1.54) is 0 Å². The molecule has 3 heterocycles. The number of aryl methyl sites for hydroxylation is 1. The minimum Gasteiger partial charge on any atom is -0.465 e. The molecule has 2 aromatic carbocycles. The molecule has 0 aliphatic carbocycles. The van der Waals surface area contributed by atoms with Gasteiger partial charge in [-0.25, -0.2) is 9.67 Å². The molecule has 0 bridgehead atoms. The summed E-state index contributed by atoms with van der Waals surface area (Å²) in [6, 6.07) is 20.4. The van der Waals surface area contributed by atoms with Crippen LogP contribution in [0.1, 0.15) is 37.5 Å². The Bertz CT molecular complexity index is 1590. The van der Waals surface area contributed by atoms with Gasteiger partial charge in [0.2, 0.25) is 0 Å². The van der Waals surface area contributed by atoms with E-state index in [9.17, 15) is 4.79 Å². The number of carbonyl (C=O) groups excluding carboxylic acids is 1. The fraction of sp³-hybridized carbons (Fsp3) is 0.276. The highest BCUT2D eigenvalue weighted by Crippen LogP contribution is 2.24. The van der Waals surface area contributed by atoms with Crippen molar-refractivity contribution >= 4 is 28.0 Å². The van der Waals surface area contributed by atoms with E-state index >= 15 is 0 Å². The number of hydrogen-bond acceptors (Lipinski definition) is 7. The summed E-state index contributed by atoms with van der Waals surface area (Å²) in [4.78, 5) is 21.5. The Kier molecular flexibility index (Phi) is 6.67. The maximum atomic E-state index is 12.2. The van der Waals surface area contributed by atoms with E-state index in [1.54, 1.807) is 6.20 Å². The molecule has 0 radical (unpaired) electrons. The molecule has 3 aromatic heterocycles. The number of nitrogens with one attached hydrogen (secondary N) is 1. The normalized spacial score (nSPS) is 11.8. The van der Waals surface area contributed by atoms with Crippen LogP contribution in [0.3, 0.4) is 0 Å². The molecule has 8 nitrogen and oxygen atoms in total. The average molecular weight is 495 g/mol. The molecule has 5 rings (SSSR count). The van der Waals surface area contributed by atoms with Crippen LogP contribution in [0, 0.1) is 6.92 Å². The summed E-state index contributed by atoms with van der Waals surface area (Å²) in [7, 11) is 0. The first kappa shape index (κ1) is 24.5. The van der Waals surface area contributed by atoms with Crippen LogP contribution in [0.2, 0.25) is 0 Å². The van der Waals surface area contributed by atoms with Crippen molar-refractivity contribution in [2.75, 3.05) is 6.61 Å². The maximum absolute atomic E-state index is 12.2. The van der Waals surface area contributed by atoms with Crippen molar-refractivity contribution in [1.82, 2.24) is 30.3 Å². The number of ether oxygens (including phenoxy) is 1. The number of rotatable bonds is 8. The van der Waals surface area contributed by atoms with E-state index in [2.05, 4.69) is 63.9 Å². The molecule has 0 atom stereocenters. The lowest BCUT2D eigenvalue weighted by atomic mass is 10.0. The van der Waals surface area contributed by atoms with Crippen molar-refractivity contribution in [2.24, 2.45) is 0 Å². The zero-order valence-corrected chi connectivity index (χ0v) is 21.5. The van der Waals surface area contributed by atoms with Crippen LogP contribution in [0.5, 0.6) is 0 Å². The van der Waals surface area contributed by atoms with Gasteiger partial charge in [0.1, 0.15) is 11.1 Å². The standard InChI is InChI=1S/C29H30N6O2/c1-5-37-28(36)29(3,4)31-17-23-10-9-22(15-19(23)2)25-12-13-26-27(32-25)35(34-33-26)18-20-8-11-24-21(16-20)7-6-14-30-24/h6-16,31H,5,17-18H2,1-4H3. The summed E-state index contributed by atoms with van der Waals surface area (Å²) in [5, 5.41) is 13.1. The molecule has 0 spiro atoms. The molecule has 1 N–H and O–H groups in total. The lowest BCUT2D eigenvalue weighted by Crippen LogP contribution is -2.47. The van der Waals surface area contributed by atoms with Gasteiger partial charge in [-0.05, 0) is 80.8 Å². The van der Waals surface area contributed by atoms with Gasteiger partial charge < -0.3 is 4.74 Å². The van der Waals surface area contributed by atoms with Gasteiger partial charge in [-0.15, -0.1) is 5.10 Å². The lowest BCUT2D eigenvalue weighted by molar-refractivity contribution is -0.149. The Balaban J connectivity index is 1.37. The second kappa shape index (κ2) is 10.1. The third-order valence-electron chi connectivity index (χ3n) is 6.50. The smallest absolute Gasteiger partial charge is 0.325 e. The van der Waals surface area contributed by atoms with Crippen molar-refractivity contribution in [3.05, 3.63) is 83.6 Å². The molecule has 0 saturated heterocycles. The van der Waals surface area contributed by atoms with Crippen molar-refractivity contribution in [3.8, 4) is 11.3 Å². The van der Waals surface area contributed by atoms with E-state index in [-0.39, 0.29) is 5.97 Å². The van der Waals surface area contributed by atoms with E-state index in [1.807, 2.05) is 49.7 Å². The summed E-state index contributed by atoms with van der Waals surface area (Å²) in [5.41, 5.74) is 6.90. The van der Waals surface area contributed by atoms with Crippen molar-refractivity contribution in [1.29, 1.82) is 0 Å². The summed E-state index contributed by atoms with van der Waals surface area (Å²) in [6.07, 6.45) is 1.80. The van der Waals surface area contributed by atoms with Crippen molar-refractivity contribution in [2.45, 2.75) is 46.3 Å². The largest absolute Gasteiger partial charge is 0.465 e. The third-order valence-corrected chi connectivity index (χ3v) is 6.50. The van der Waals surface area contributed by atoms with Gasteiger partial charge in [-0.3, -0.25) is 15.1 Å². The SMILES string of the molecule is CCOC(=O)C(C)(C)NCc1ccc(-c2ccc3nnn(Cc4ccc5ncccc5c4)c3n2)cc1C. The molecule has 37 heavy (non-hydrogen) atoms. The first-order chi connectivity index (χ1) is 17.8. The quantitative estimate of drug-likeness (QED) is 0.309. The van der Waals surface area contributed by atoms with Crippen LogP contribution >= 0.6 is 0 Å². The monoisotopic (exact) mass is 494 g/mol. The van der Waals surface area contributed by atoms with Crippen molar-refractivity contribution in [3.63, 3.8) is 0 Å². The molecule has 0 unspecified atom stereocenters. The first-order valence-corrected chi connectivity index (χ1v) is 12.4. The third kappa shape index (κ3) is 5.20. The molecule has 0 fully saturated rings. The summed E-state index contributed by atoms with van der Waals surface area (Å²) in [5.74, 6) is -0.257. The maximum Gasteiger partial charge on any atom is 0.325 e. The number of aromatic nitrogens is 5. The van der Waals surface area contributed by atoms with Crippen LogP contribution in [-0.4, -0.2) is 43.1 Å². The van der Waals surface area contributed by atoms with Crippen LogP contribution < -0.4 is 5.32 Å². The van der Waals surface area contributed by atoms with Gasteiger partial charge in [-0.2, -0.15) is 0 Å². The fourth-order valence-corrected chi connectivity index (χ4v) is 4.27. The number of pyridine rings is 2. The van der Waals surface area contributed by atoms with E-state index in [0.29, 0.717) is 19.7 Å². The number of hydrogen-bond donors (Lipinski definition) is 1. The minimum atomic E-state index is -0.763. The van der Waals surface area contributed by atoms with Gasteiger partial charge in [0, 0.05) is 23.7 Å². The van der Waals surface area contributed by atoms with Crippen LogP contribution in [0.15, 0.2) is 66.9 Å². The summed E-state index contributed by atoms with van der Waals surface area (Å²) < 4.78 is 7.00. The number of nitrogens with zero attached hydrogens (tertiary/aromatic N) is 5. The molecule has 5 aromatic rings. The molecular formula is C29H30N6O2. The second-order valence-corrected chi connectivity index (χ2v) is 9.66. The zero-order chi connectivity index (χ0) is 26.0. The highest BCUT2D eigenvalue weighted by atomic mass is 16.5. The van der Waals surface area contributed by atoms with E-state index < -0.39 is 5.54 Å². The fourth-order valence-electron chi connectivity index (χ4n) is 4.27. The highest BCUT2D eigenvalue weighted by molar-refractivity contribution is 5.80. The molecule has 0 saturated carbocycles. The van der Waals surface area contributed by atoms with Gasteiger partial charge in [-0.1, -0.05) is 29.5 Å². The Hall–Kier alpha value is -4.17. The Labute approximate surface area is 215 Å². The summed E-state index contributed by atoms with van der Waals surface area (Å²) >= 11 is 0. The Morgan fingerprint density at radius 1 is 1.05 bits per heavy atom. The number of esters is 1. The molecule has 0 amide bonds. The Morgan fingerprint density at radius 2 is 1.89 bits per heavy atom. The zero-order valence-electron chi connectivity index (χ0n) is 21.5. The predicted octanol–water partition coefficient (Wildman–Crippen LogP) is 4.83.